The Labute approximate surface area is 236 Å². The molecule has 5 rings (SSSR count). The lowest BCUT2D eigenvalue weighted by Gasteiger charge is -2.45. The van der Waals surface area contributed by atoms with E-state index in [2.05, 4.69) is 26.9 Å². The Balaban J connectivity index is 0.000000493. The van der Waals surface area contributed by atoms with Crippen LogP contribution in [0.4, 0.5) is 13.2 Å². The lowest BCUT2D eigenvalue weighted by molar-refractivity contribution is -0.192. The first-order valence-corrected chi connectivity index (χ1v) is 13.3. The number of hydrogen-bond acceptors (Lipinski definition) is 6. The van der Waals surface area contributed by atoms with Crippen LogP contribution in [0.25, 0.3) is 10.9 Å². The minimum Gasteiger partial charge on any atom is -0.497 e. The molecule has 1 spiro atoms. The number of carboxylic acid groups (broad SMARTS) is 1. The number of aromatic nitrogens is 1. The normalized spacial score (nSPS) is 18.8. The minimum atomic E-state index is -5.08. The van der Waals surface area contributed by atoms with Gasteiger partial charge in [0.1, 0.15) is 18.1 Å². The maximum atomic E-state index is 13.4. The molecule has 1 saturated heterocycles. The molecule has 0 radical (unpaired) electrons. The van der Waals surface area contributed by atoms with E-state index >= 15 is 0 Å². The van der Waals surface area contributed by atoms with Crippen LogP contribution in [-0.2, 0) is 21.5 Å². The number of likely N-dealkylation sites (N-methyl/N-ethyl adjacent to an activating group) is 1. The molecule has 41 heavy (non-hydrogen) atoms. The third-order valence-corrected chi connectivity index (χ3v) is 7.42. The second kappa shape index (κ2) is 12.4. The van der Waals surface area contributed by atoms with Crippen molar-refractivity contribution in [3.63, 3.8) is 0 Å². The lowest BCUT2D eigenvalue weighted by atomic mass is 9.83. The SMILES string of the molecule is COc1ccc2[nH]c3c(c2c1)CCN(C(=O)CN(C)C)C31CCN(CCOc2ccccc2)C1.O=C(O)C(F)(F)F. The van der Waals surface area contributed by atoms with Crippen LogP contribution >= 0.6 is 0 Å². The first kappa shape index (κ1) is 30.2. The summed E-state index contributed by atoms with van der Waals surface area (Å²) in [6.07, 6.45) is -3.32. The number of ether oxygens (including phenoxy) is 2. The molecule has 9 nitrogen and oxygen atoms in total. The van der Waals surface area contributed by atoms with Crippen LogP contribution in [0.1, 0.15) is 17.7 Å². The Morgan fingerprint density at radius 1 is 1.10 bits per heavy atom. The van der Waals surface area contributed by atoms with E-state index in [9.17, 15) is 18.0 Å². The van der Waals surface area contributed by atoms with Crippen LogP contribution in [0.2, 0.25) is 0 Å². The maximum Gasteiger partial charge on any atom is 0.490 e. The number of aromatic amines is 1. The number of halogens is 3. The average Bonchev–Trinajstić information content (AvgIpc) is 3.51. The molecule has 222 valence electrons. The van der Waals surface area contributed by atoms with Crippen molar-refractivity contribution >= 4 is 22.8 Å². The van der Waals surface area contributed by atoms with Crippen LogP contribution in [-0.4, -0.2) is 103 Å². The van der Waals surface area contributed by atoms with Gasteiger partial charge in [-0.15, -0.1) is 0 Å². The molecule has 0 aliphatic carbocycles. The number of amides is 1. The summed E-state index contributed by atoms with van der Waals surface area (Å²) in [6.45, 7) is 4.35. The van der Waals surface area contributed by atoms with Gasteiger partial charge >= 0.3 is 12.1 Å². The number of rotatable bonds is 7. The lowest BCUT2D eigenvalue weighted by Crippen LogP contribution is -2.56. The maximum absolute atomic E-state index is 13.4. The highest BCUT2D eigenvalue weighted by atomic mass is 19.4. The summed E-state index contributed by atoms with van der Waals surface area (Å²) >= 11 is 0. The summed E-state index contributed by atoms with van der Waals surface area (Å²) in [4.78, 5) is 32.6. The number of para-hydroxylation sites is 1. The number of nitrogens with one attached hydrogen (secondary N) is 1. The van der Waals surface area contributed by atoms with Gasteiger partial charge in [-0.25, -0.2) is 4.79 Å². The van der Waals surface area contributed by atoms with E-state index in [1.807, 2.05) is 55.4 Å². The summed E-state index contributed by atoms with van der Waals surface area (Å²) in [5.41, 5.74) is 3.28. The van der Waals surface area contributed by atoms with Crippen molar-refractivity contribution in [3.05, 3.63) is 59.8 Å². The number of likely N-dealkylation sites (tertiary alicyclic amines) is 1. The van der Waals surface area contributed by atoms with Crippen LogP contribution in [0.15, 0.2) is 48.5 Å². The highest BCUT2D eigenvalue weighted by Gasteiger charge is 2.50. The van der Waals surface area contributed by atoms with Crippen molar-refractivity contribution in [1.29, 1.82) is 0 Å². The van der Waals surface area contributed by atoms with E-state index in [0.717, 1.165) is 56.0 Å². The van der Waals surface area contributed by atoms with E-state index in [-0.39, 0.29) is 11.4 Å². The third-order valence-electron chi connectivity index (χ3n) is 7.42. The highest BCUT2D eigenvalue weighted by Crippen LogP contribution is 2.45. The molecule has 0 saturated carbocycles. The second-order valence-corrected chi connectivity index (χ2v) is 10.4. The van der Waals surface area contributed by atoms with E-state index in [4.69, 9.17) is 19.4 Å². The van der Waals surface area contributed by atoms with Gasteiger partial charge < -0.3 is 29.4 Å². The minimum absolute atomic E-state index is 0.189. The summed E-state index contributed by atoms with van der Waals surface area (Å²) in [7, 11) is 5.61. The van der Waals surface area contributed by atoms with Crippen LogP contribution < -0.4 is 9.47 Å². The molecule has 1 amide bonds. The van der Waals surface area contributed by atoms with Crippen molar-refractivity contribution in [2.75, 3.05) is 60.5 Å². The summed E-state index contributed by atoms with van der Waals surface area (Å²) in [5, 5.41) is 8.33. The molecule has 0 bridgehead atoms. The van der Waals surface area contributed by atoms with E-state index in [0.29, 0.717) is 13.2 Å². The number of nitrogens with zero attached hydrogens (tertiary/aromatic N) is 3. The Hall–Kier alpha value is -3.77. The topological polar surface area (TPSA) is 98.3 Å². The predicted octanol–water partition coefficient (Wildman–Crippen LogP) is 3.74. The molecule has 1 unspecified atom stereocenters. The van der Waals surface area contributed by atoms with Gasteiger partial charge in [-0.2, -0.15) is 13.2 Å². The van der Waals surface area contributed by atoms with Gasteiger partial charge in [0.2, 0.25) is 5.91 Å². The molecular formula is C29H35F3N4O5. The van der Waals surface area contributed by atoms with Crippen molar-refractivity contribution in [3.8, 4) is 11.5 Å². The number of benzene rings is 2. The van der Waals surface area contributed by atoms with Gasteiger partial charge in [-0.05, 0) is 62.8 Å². The van der Waals surface area contributed by atoms with Crippen molar-refractivity contribution in [2.45, 2.75) is 24.6 Å². The number of fused-ring (bicyclic) bond motifs is 4. The van der Waals surface area contributed by atoms with Crippen molar-refractivity contribution < 1.29 is 37.3 Å². The number of carbonyl (C=O) groups is 2. The highest BCUT2D eigenvalue weighted by molar-refractivity contribution is 5.88. The molecule has 3 heterocycles. The Kier molecular flexibility index (Phi) is 9.13. The van der Waals surface area contributed by atoms with E-state index in [1.165, 1.54) is 16.6 Å². The number of H-pyrrole nitrogens is 1. The quantitative estimate of drug-likeness (QED) is 0.442. The van der Waals surface area contributed by atoms with Gasteiger partial charge in [-0.1, -0.05) is 18.2 Å². The molecule has 1 aromatic heterocycles. The number of carbonyl (C=O) groups excluding carboxylic acids is 1. The first-order valence-electron chi connectivity index (χ1n) is 13.3. The largest absolute Gasteiger partial charge is 0.497 e. The number of methoxy groups -OCH3 is 1. The van der Waals surface area contributed by atoms with E-state index < -0.39 is 12.1 Å². The van der Waals surface area contributed by atoms with Crippen molar-refractivity contribution in [2.24, 2.45) is 0 Å². The summed E-state index contributed by atoms with van der Waals surface area (Å²) in [5.74, 6) is -0.814. The Bertz CT molecular complexity index is 1360. The van der Waals surface area contributed by atoms with Crippen LogP contribution in [0.3, 0.4) is 0 Å². The molecule has 12 heteroatoms. The molecule has 2 N–H and O–H groups in total. The van der Waals surface area contributed by atoms with Gasteiger partial charge in [0.05, 0.1) is 19.2 Å². The molecule has 1 fully saturated rings. The number of aliphatic carboxylic acids is 1. The molecule has 2 aliphatic rings. The second-order valence-electron chi connectivity index (χ2n) is 10.4. The standard InChI is InChI=1S/C27H34N4O3.C2HF3O2/c1-29(2)18-25(32)31-13-11-22-23-17-21(33-3)9-10-24(23)28-26(22)27(31)12-14-30(19-27)15-16-34-20-7-5-4-6-8-20;3-2(4,5)1(6)7/h4-10,17,28H,11-16,18-19H2,1-3H3;(H,6,7). The molecular weight excluding hydrogens is 541 g/mol. The first-order chi connectivity index (χ1) is 19.4. The van der Waals surface area contributed by atoms with Crippen LogP contribution in [0.5, 0.6) is 11.5 Å². The zero-order valence-corrected chi connectivity index (χ0v) is 23.3. The zero-order valence-electron chi connectivity index (χ0n) is 23.3. The van der Waals surface area contributed by atoms with Gasteiger partial charge in [0.15, 0.2) is 0 Å². The fourth-order valence-corrected chi connectivity index (χ4v) is 5.60. The van der Waals surface area contributed by atoms with Crippen LogP contribution in [0, 0.1) is 0 Å². The summed E-state index contributed by atoms with van der Waals surface area (Å²) in [6, 6.07) is 16.1. The van der Waals surface area contributed by atoms with Crippen molar-refractivity contribution in [1.82, 2.24) is 19.7 Å². The fourth-order valence-electron chi connectivity index (χ4n) is 5.60. The molecule has 3 aromatic rings. The number of carboxylic acids is 1. The Morgan fingerprint density at radius 3 is 2.44 bits per heavy atom. The Morgan fingerprint density at radius 2 is 1.80 bits per heavy atom. The average molecular weight is 577 g/mol. The number of hydrogen-bond donors (Lipinski definition) is 2. The third kappa shape index (κ3) is 6.76. The molecule has 2 aromatic carbocycles. The zero-order chi connectivity index (χ0) is 29.8. The fraction of sp³-hybridized carbons (Fsp3) is 0.448. The molecule has 1 atom stereocenters. The van der Waals surface area contributed by atoms with Gasteiger partial charge in [0, 0.05) is 42.8 Å². The predicted molar refractivity (Wildman–Crippen MR) is 147 cm³/mol. The monoisotopic (exact) mass is 576 g/mol. The van der Waals surface area contributed by atoms with Gasteiger partial charge in [0.25, 0.3) is 0 Å². The smallest absolute Gasteiger partial charge is 0.490 e. The number of alkyl halides is 3. The van der Waals surface area contributed by atoms with Gasteiger partial charge in [-0.3, -0.25) is 9.69 Å². The van der Waals surface area contributed by atoms with E-state index in [1.54, 1.807) is 7.11 Å². The molecule has 2 aliphatic heterocycles. The summed E-state index contributed by atoms with van der Waals surface area (Å²) < 4.78 is 43.2.